The van der Waals surface area contributed by atoms with E-state index in [0.717, 1.165) is 12.3 Å². The first-order chi connectivity index (χ1) is 16.1. The van der Waals surface area contributed by atoms with E-state index in [1.54, 1.807) is 11.1 Å². The SMILES string of the molecule is C[C@@H]1CN(c2ccc(S(C)(=O)=O)cc2F)CCN1N(C(=O)c1ccncn1)C1CCC(O)CC1. The van der Waals surface area contributed by atoms with Gasteiger partial charge in [-0.25, -0.2) is 27.8 Å². The Balaban J connectivity index is 1.56. The third-order valence-corrected chi connectivity index (χ3v) is 7.69. The number of carbonyl (C=O) groups is 1. The van der Waals surface area contributed by atoms with Crippen LogP contribution in [0.15, 0.2) is 41.7 Å². The summed E-state index contributed by atoms with van der Waals surface area (Å²) in [6.07, 6.45) is 6.22. The Hall–Kier alpha value is -2.63. The number of piperazine rings is 1. The molecule has 0 bridgehead atoms. The molecule has 11 heteroatoms. The monoisotopic (exact) mass is 491 g/mol. The number of hydrogen-bond acceptors (Lipinski definition) is 8. The third-order valence-electron chi connectivity index (χ3n) is 6.58. The van der Waals surface area contributed by atoms with Gasteiger partial charge in [-0.05, 0) is 56.9 Å². The van der Waals surface area contributed by atoms with E-state index < -0.39 is 15.7 Å². The van der Waals surface area contributed by atoms with Gasteiger partial charge in [-0.2, -0.15) is 0 Å². The number of nitrogens with zero attached hydrogens (tertiary/aromatic N) is 5. The largest absolute Gasteiger partial charge is 0.393 e. The van der Waals surface area contributed by atoms with Crippen molar-refractivity contribution in [2.75, 3.05) is 30.8 Å². The van der Waals surface area contributed by atoms with Gasteiger partial charge in [0.2, 0.25) is 0 Å². The van der Waals surface area contributed by atoms with Gasteiger partial charge in [0, 0.05) is 44.2 Å². The number of aliphatic hydroxyl groups is 1. The number of amides is 1. The molecule has 1 aliphatic heterocycles. The van der Waals surface area contributed by atoms with Crippen LogP contribution in [-0.2, 0) is 9.84 Å². The molecule has 34 heavy (non-hydrogen) atoms. The van der Waals surface area contributed by atoms with Crippen LogP contribution < -0.4 is 4.90 Å². The lowest BCUT2D eigenvalue weighted by Crippen LogP contribution is -2.63. The topological polar surface area (TPSA) is 107 Å². The number of aliphatic hydroxyl groups excluding tert-OH is 1. The van der Waals surface area contributed by atoms with Crippen molar-refractivity contribution < 1.29 is 22.7 Å². The van der Waals surface area contributed by atoms with Crippen molar-refractivity contribution in [1.29, 1.82) is 0 Å². The number of carbonyl (C=O) groups excluding carboxylic acids is 1. The van der Waals surface area contributed by atoms with Gasteiger partial charge in [-0.3, -0.25) is 9.80 Å². The maximum Gasteiger partial charge on any atom is 0.287 e. The molecule has 1 amide bonds. The van der Waals surface area contributed by atoms with Gasteiger partial charge < -0.3 is 10.0 Å². The van der Waals surface area contributed by atoms with Gasteiger partial charge >= 0.3 is 0 Å². The number of anilines is 1. The molecule has 4 rings (SSSR count). The molecule has 1 saturated heterocycles. The first-order valence-corrected chi connectivity index (χ1v) is 13.3. The van der Waals surface area contributed by atoms with Crippen LogP contribution in [0.25, 0.3) is 0 Å². The Morgan fingerprint density at radius 3 is 2.50 bits per heavy atom. The van der Waals surface area contributed by atoms with Crippen LogP contribution in [0.1, 0.15) is 43.1 Å². The second-order valence-corrected chi connectivity index (χ2v) is 11.1. The summed E-state index contributed by atoms with van der Waals surface area (Å²) in [6, 6.07) is 5.38. The highest BCUT2D eigenvalue weighted by atomic mass is 32.2. The molecule has 1 N–H and O–H groups in total. The molecule has 2 aliphatic rings. The fourth-order valence-electron chi connectivity index (χ4n) is 4.79. The number of sulfone groups is 1. The van der Waals surface area contributed by atoms with Crippen molar-refractivity contribution in [3.05, 3.63) is 48.3 Å². The summed E-state index contributed by atoms with van der Waals surface area (Å²) in [5.41, 5.74) is 0.645. The van der Waals surface area contributed by atoms with E-state index in [4.69, 9.17) is 0 Å². The predicted molar refractivity (Wildman–Crippen MR) is 124 cm³/mol. The van der Waals surface area contributed by atoms with Crippen LogP contribution in [0, 0.1) is 5.82 Å². The summed E-state index contributed by atoms with van der Waals surface area (Å²) < 4.78 is 38.3. The molecule has 2 heterocycles. The molecule has 0 spiro atoms. The maximum absolute atomic E-state index is 14.8. The van der Waals surface area contributed by atoms with Gasteiger partial charge in [0.25, 0.3) is 5.91 Å². The fourth-order valence-corrected chi connectivity index (χ4v) is 5.42. The molecule has 1 saturated carbocycles. The molecule has 1 aromatic carbocycles. The Kier molecular flexibility index (Phi) is 7.15. The van der Waals surface area contributed by atoms with Gasteiger partial charge in [0.15, 0.2) is 9.84 Å². The van der Waals surface area contributed by atoms with E-state index in [0.29, 0.717) is 56.7 Å². The van der Waals surface area contributed by atoms with Crippen LogP contribution in [0.2, 0.25) is 0 Å². The third kappa shape index (κ3) is 5.21. The highest BCUT2D eigenvalue weighted by molar-refractivity contribution is 7.90. The van der Waals surface area contributed by atoms with E-state index in [-0.39, 0.29) is 29.0 Å². The van der Waals surface area contributed by atoms with E-state index in [9.17, 15) is 22.7 Å². The molecular formula is C23H30FN5O4S. The van der Waals surface area contributed by atoms with Crippen LogP contribution in [0.3, 0.4) is 0 Å². The lowest BCUT2D eigenvalue weighted by molar-refractivity contribution is -0.0786. The number of hydrogen-bond donors (Lipinski definition) is 1. The zero-order valence-corrected chi connectivity index (χ0v) is 20.2. The minimum absolute atomic E-state index is 0.0541. The predicted octanol–water partition coefficient (Wildman–Crippen LogP) is 1.89. The summed E-state index contributed by atoms with van der Waals surface area (Å²) in [5.74, 6) is -0.800. The summed E-state index contributed by atoms with van der Waals surface area (Å²) in [6.45, 7) is 3.37. The van der Waals surface area contributed by atoms with Crippen LogP contribution in [0.4, 0.5) is 10.1 Å². The normalized spacial score (nSPS) is 24.1. The summed E-state index contributed by atoms with van der Waals surface area (Å²) in [7, 11) is -3.49. The number of hydrazine groups is 1. The van der Waals surface area contributed by atoms with E-state index >= 15 is 0 Å². The number of rotatable bonds is 5. The lowest BCUT2D eigenvalue weighted by atomic mass is 9.92. The maximum atomic E-state index is 14.8. The van der Waals surface area contributed by atoms with Crippen molar-refractivity contribution in [2.24, 2.45) is 0 Å². The van der Waals surface area contributed by atoms with Gasteiger partial charge in [-0.15, -0.1) is 0 Å². The molecule has 1 atom stereocenters. The van der Waals surface area contributed by atoms with Crippen molar-refractivity contribution in [3.63, 3.8) is 0 Å². The summed E-state index contributed by atoms with van der Waals surface area (Å²) in [5, 5.41) is 13.8. The van der Waals surface area contributed by atoms with Crippen molar-refractivity contribution in [1.82, 2.24) is 20.0 Å². The molecule has 2 fully saturated rings. The zero-order chi connectivity index (χ0) is 24.5. The molecule has 184 valence electrons. The van der Waals surface area contributed by atoms with Crippen LogP contribution in [0.5, 0.6) is 0 Å². The van der Waals surface area contributed by atoms with Crippen LogP contribution in [-0.4, -0.2) is 83.5 Å². The van der Waals surface area contributed by atoms with Crippen molar-refractivity contribution in [2.45, 2.75) is 55.7 Å². The molecule has 9 nitrogen and oxygen atoms in total. The molecule has 2 aromatic rings. The number of halogens is 1. The average molecular weight is 492 g/mol. The average Bonchev–Trinajstić information content (AvgIpc) is 2.81. The van der Waals surface area contributed by atoms with Gasteiger partial charge in [0.05, 0.1) is 16.7 Å². The standard InChI is InChI=1S/C23H30FN5O4S/c1-16-14-27(22-8-7-19(13-20(22)24)34(2,32)33)11-12-28(16)29(17-3-5-18(30)6-4-17)23(31)21-9-10-25-15-26-21/h7-10,13,15-18,30H,3-6,11-12,14H2,1-2H3/t16-,17?,18?/m1/s1. The van der Waals surface area contributed by atoms with E-state index in [1.807, 2.05) is 16.8 Å². The molecular weight excluding hydrogens is 461 g/mol. The van der Waals surface area contributed by atoms with Gasteiger partial charge in [-0.1, -0.05) is 0 Å². The molecule has 0 radical (unpaired) electrons. The lowest BCUT2D eigenvalue weighted by Gasteiger charge is -2.49. The summed E-state index contributed by atoms with van der Waals surface area (Å²) >= 11 is 0. The first kappa shape index (κ1) is 24.5. The van der Waals surface area contributed by atoms with Crippen molar-refractivity contribution >= 4 is 21.4 Å². The molecule has 1 aliphatic carbocycles. The zero-order valence-electron chi connectivity index (χ0n) is 19.3. The van der Waals surface area contributed by atoms with Gasteiger partial charge in [0.1, 0.15) is 17.8 Å². The summed E-state index contributed by atoms with van der Waals surface area (Å²) in [4.78, 5) is 23.4. The van der Waals surface area contributed by atoms with E-state index in [2.05, 4.69) is 9.97 Å². The quantitative estimate of drug-likeness (QED) is 0.676. The molecule has 1 aromatic heterocycles. The van der Waals surface area contributed by atoms with E-state index in [1.165, 1.54) is 24.7 Å². The number of aromatic nitrogens is 2. The minimum atomic E-state index is -3.49. The number of benzene rings is 1. The second kappa shape index (κ2) is 9.93. The Bertz CT molecular complexity index is 1130. The Morgan fingerprint density at radius 1 is 1.18 bits per heavy atom. The second-order valence-electron chi connectivity index (χ2n) is 9.05. The Morgan fingerprint density at radius 2 is 1.91 bits per heavy atom. The Labute approximate surface area is 199 Å². The highest BCUT2D eigenvalue weighted by Gasteiger charge is 2.38. The first-order valence-electron chi connectivity index (χ1n) is 11.4. The minimum Gasteiger partial charge on any atom is -0.393 e. The van der Waals surface area contributed by atoms with Crippen LogP contribution >= 0.6 is 0 Å². The highest BCUT2D eigenvalue weighted by Crippen LogP contribution is 2.30. The van der Waals surface area contributed by atoms with Crippen molar-refractivity contribution in [3.8, 4) is 0 Å². The smallest absolute Gasteiger partial charge is 0.287 e. The molecule has 0 unspecified atom stereocenters. The fraction of sp³-hybridized carbons (Fsp3) is 0.522.